The lowest BCUT2D eigenvalue weighted by Gasteiger charge is -2.26. The van der Waals surface area contributed by atoms with Crippen LogP contribution in [0.25, 0.3) is 0 Å². The smallest absolute Gasteiger partial charge is 0.224 e. The highest BCUT2D eigenvalue weighted by molar-refractivity contribution is 5.88. The van der Waals surface area contributed by atoms with Gasteiger partial charge in [-0.1, -0.05) is 12.1 Å². The number of anilines is 1. The molecule has 0 spiro atoms. The number of nitrogens with one attached hydrogen (secondary N) is 2. The highest BCUT2D eigenvalue weighted by Crippen LogP contribution is 2.18. The van der Waals surface area contributed by atoms with E-state index in [1.807, 2.05) is 12.1 Å². The van der Waals surface area contributed by atoms with E-state index in [-0.39, 0.29) is 24.0 Å². The monoisotopic (exact) mass is 290 g/mol. The summed E-state index contributed by atoms with van der Waals surface area (Å²) in [5.74, 6) is -0.108. The molecule has 1 aromatic rings. The molecule has 2 amide bonds. The molecule has 5 nitrogen and oxygen atoms in total. The molecule has 1 aliphatic carbocycles. The van der Waals surface area contributed by atoms with Crippen molar-refractivity contribution in [2.24, 2.45) is 0 Å². The number of hydrogen-bond acceptors (Lipinski definition) is 3. The molecule has 1 aliphatic rings. The van der Waals surface area contributed by atoms with Crippen molar-refractivity contribution in [2.75, 3.05) is 5.32 Å². The van der Waals surface area contributed by atoms with Crippen molar-refractivity contribution in [1.82, 2.24) is 5.32 Å². The molecule has 1 aromatic carbocycles. The van der Waals surface area contributed by atoms with Gasteiger partial charge >= 0.3 is 0 Å². The predicted molar refractivity (Wildman–Crippen MR) is 80.9 cm³/mol. The minimum absolute atomic E-state index is 0.00340. The predicted octanol–water partition coefficient (Wildman–Crippen LogP) is 1.61. The second-order valence-corrected chi connectivity index (χ2v) is 5.63. The van der Waals surface area contributed by atoms with Gasteiger partial charge < -0.3 is 15.7 Å². The van der Waals surface area contributed by atoms with Crippen LogP contribution in [0.4, 0.5) is 5.69 Å². The molecule has 1 saturated carbocycles. The van der Waals surface area contributed by atoms with E-state index in [1.54, 1.807) is 12.1 Å². The first kappa shape index (κ1) is 15.5. The Morgan fingerprint density at radius 2 is 1.76 bits per heavy atom. The average Bonchev–Trinajstić information content (AvgIpc) is 2.43. The molecule has 21 heavy (non-hydrogen) atoms. The van der Waals surface area contributed by atoms with Crippen LogP contribution in [0.3, 0.4) is 0 Å². The summed E-state index contributed by atoms with van der Waals surface area (Å²) < 4.78 is 0. The zero-order valence-corrected chi connectivity index (χ0v) is 12.3. The van der Waals surface area contributed by atoms with Gasteiger partial charge in [0.05, 0.1) is 12.5 Å². The third-order valence-corrected chi connectivity index (χ3v) is 3.70. The number of benzene rings is 1. The van der Waals surface area contributed by atoms with Gasteiger partial charge in [0, 0.05) is 18.7 Å². The van der Waals surface area contributed by atoms with E-state index in [0.29, 0.717) is 6.42 Å². The normalized spacial score (nSPS) is 21.6. The molecule has 5 heteroatoms. The van der Waals surface area contributed by atoms with Gasteiger partial charge in [-0.05, 0) is 43.4 Å². The quantitative estimate of drug-likeness (QED) is 0.788. The summed E-state index contributed by atoms with van der Waals surface area (Å²) in [6.45, 7) is 1.46. The number of carbonyl (C=O) groups excluding carboxylic acids is 2. The molecule has 0 heterocycles. The van der Waals surface area contributed by atoms with Gasteiger partial charge in [-0.15, -0.1) is 0 Å². The van der Waals surface area contributed by atoms with Crippen molar-refractivity contribution >= 4 is 17.5 Å². The SMILES string of the molecule is CC(=O)Nc1ccc(CC(=O)NC2CCC(O)CC2)cc1. The first-order chi connectivity index (χ1) is 10.0. The first-order valence-corrected chi connectivity index (χ1v) is 7.37. The Balaban J connectivity index is 1.80. The number of hydrogen-bond donors (Lipinski definition) is 3. The van der Waals surface area contributed by atoms with E-state index < -0.39 is 0 Å². The summed E-state index contributed by atoms with van der Waals surface area (Å²) in [6, 6.07) is 7.45. The number of aliphatic hydroxyl groups excluding tert-OH is 1. The largest absolute Gasteiger partial charge is 0.393 e. The maximum Gasteiger partial charge on any atom is 0.224 e. The Bertz CT molecular complexity index is 491. The van der Waals surface area contributed by atoms with Crippen LogP contribution in [-0.2, 0) is 16.0 Å². The van der Waals surface area contributed by atoms with Gasteiger partial charge in [0.2, 0.25) is 11.8 Å². The molecular weight excluding hydrogens is 268 g/mol. The number of amides is 2. The van der Waals surface area contributed by atoms with Crippen molar-refractivity contribution in [3.05, 3.63) is 29.8 Å². The molecule has 0 atom stereocenters. The summed E-state index contributed by atoms with van der Waals surface area (Å²) in [7, 11) is 0. The number of rotatable bonds is 4. The van der Waals surface area contributed by atoms with E-state index in [0.717, 1.165) is 36.9 Å². The third-order valence-electron chi connectivity index (χ3n) is 3.70. The van der Waals surface area contributed by atoms with Crippen molar-refractivity contribution in [1.29, 1.82) is 0 Å². The van der Waals surface area contributed by atoms with Crippen LogP contribution in [-0.4, -0.2) is 29.1 Å². The Labute approximate surface area is 124 Å². The fourth-order valence-corrected chi connectivity index (χ4v) is 2.59. The van der Waals surface area contributed by atoms with Crippen LogP contribution >= 0.6 is 0 Å². The highest BCUT2D eigenvalue weighted by Gasteiger charge is 2.20. The van der Waals surface area contributed by atoms with Crippen LogP contribution in [0.5, 0.6) is 0 Å². The fourth-order valence-electron chi connectivity index (χ4n) is 2.59. The molecule has 0 bridgehead atoms. The van der Waals surface area contributed by atoms with E-state index in [2.05, 4.69) is 10.6 Å². The summed E-state index contributed by atoms with van der Waals surface area (Å²) in [6.07, 6.45) is 3.33. The van der Waals surface area contributed by atoms with Gasteiger partial charge in [0.1, 0.15) is 0 Å². The minimum Gasteiger partial charge on any atom is -0.393 e. The van der Waals surface area contributed by atoms with Crippen LogP contribution < -0.4 is 10.6 Å². The molecule has 3 N–H and O–H groups in total. The van der Waals surface area contributed by atoms with Crippen LogP contribution in [0.2, 0.25) is 0 Å². The molecule has 0 saturated heterocycles. The summed E-state index contributed by atoms with van der Waals surface area (Å²) >= 11 is 0. The molecular formula is C16H22N2O3. The van der Waals surface area contributed by atoms with Crippen molar-refractivity contribution < 1.29 is 14.7 Å². The molecule has 0 aromatic heterocycles. The minimum atomic E-state index is -0.209. The van der Waals surface area contributed by atoms with Gasteiger partial charge in [-0.25, -0.2) is 0 Å². The Morgan fingerprint density at radius 3 is 2.33 bits per heavy atom. The van der Waals surface area contributed by atoms with E-state index in [4.69, 9.17) is 0 Å². The fraction of sp³-hybridized carbons (Fsp3) is 0.500. The highest BCUT2D eigenvalue weighted by atomic mass is 16.3. The van der Waals surface area contributed by atoms with E-state index in [9.17, 15) is 14.7 Å². The van der Waals surface area contributed by atoms with E-state index >= 15 is 0 Å². The third kappa shape index (κ3) is 5.19. The van der Waals surface area contributed by atoms with E-state index in [1.165, 1.54) is 6.92 Å². The second kappa shape index (κ2) is 7.22. The van der Waals surface area contributed by atoms with Gasteiger partial charge in [0.15, 0.2) is 0 Å². The Kier molecular flexibility index (Phi) is 5.33. The lowest BCUT2D eigenvalue weighted by molar-refractivity contribution is -0.121. The molecule has 0 radical (unpaired) electrons. The second-order valence-electron chi connectivity index (χ2n) is 5.63. The lowest BCUT2D eigenvalue weighted by Crippen LogP contribution is -2.39. The topological polar surface area (TPSA) is 78.4 Å². The van der Waals surface area contributed by atoms with Gasteiger partial charge in [0.25, 0.3) is 0 Å². The molecule has 0 aliphatic heterocycles. The molecule has 0 unspecified atom stereocenters. The van der Waals surface area contributed by atoms with Crippen molar-refractivity contribution in [2.45, 2.75) is 51.2 Å². The van der Waals surface area contributed by atoms with Crippen LogP contribution in [0, 0.1) is 0 Å². The first-order valence-electron chi connectivity index (χ1n) is 7.37. The molecule has 2 rings (SSSR count). The molecule has 114 valence electrons. The van der Waals surface area contributed by atoms with Crippen LogP contribution in [0.15, 0.2) is 24.3 Å². The van der Waals surface area contributed by atoms with Gasteiger partial charge in [-0.3, -0.25) is 9.59 Å². The van der Waals surface area contributed by atoms with Crippen molar-refractivity contribution in [3.8, 4) is 0 Å². The average molecular weight is 290 g/mol. The number of carbonyl (C=O) groups is 2. The maximum absolute atomic E-state index is 12.0. The Hall–Kier alpha value is -1.88. The zero-order chi connectivity index (χ0) is 15.2. The summed E-state index contributed by atoms with van der Waals surface area (Å²) in [5.41, 5.74) is 1.64. The summed E-state index contributed by atoms with van der Waals surface area (Å²) in [5, 5.41) is 15.1. The Morgan fingerprint density at radius 1 is 1.14 bits per heavy atom. The molecule has 1 fully saturated rings. The number of aliphatic hydroxyl groups is 1. The van der Waals surface area contributed by atoms with Crippen molar-refractivity contribution in [3.63, 3.8) is 0 Å². The maximum atomic E-state index is 12.0. The zero-order valence-electron chi connectivity index (χ0n) is 12.3. The van der Waals surface area contributed by atoms with Gasteiger partial charge in [-0.2, -0.15) is 0 Å². The summed E-state index contributed by atoms with van der Waals surface area (Å²) in [4.78, 5) is 22.9. The lowest BCUT2D eigenvalue weighted by atomic mass is 9.93. The van der Waals surface area contributed by atoms with Crippen LogP contribution in [0.1, 0.15) is 38.2 Å². The standard InChI is InChI=1S/C16H22N2O3/c1-11(19)17-13-4-2-12(3-5-13)10-16(21)18-14-6-8-15(20)9-7-14/h2-5,14-15,20H,6-10H2,1H3,(H,17,19)(H,18,21).